The molecule has 0 aliphatic carbocycles. The zero-order chi connectivity index (χ0) is 16.9. The van der Waals surface area contributed by atoms with E-state index >= 15 is 0 Å². The second-order valence-corrected chi connectivity index (χ2v) is 5.42. The van der Waals surface area contributed by atoms with Crippen LogP contribution in [0.4, 0.5) is 0 Å². The molecule has 0 aliphatic heterocycles. The largest absolute Gasteiger partial charge is 0.364 e. The Hall–Kier alpha value is -2.74. The highest BCUT2D eigenvalue weighted by Crippen LogP contribution is 2.11. The standard InChI is InChI=1S/C16H20N6O2/c1-3-21(4-2)10-12-7-17-15-14(9-19-22(15)11-12)16(23)18-8-13-5-6-24-20-13/h5-7,9,11H,3-4,8,10H2,1-2H3,(H,18,23). The van der Waals surface area contributed by atoms with Gasteiger partial charge in [-0.1, -0.05) is 19.0 Å². The molecule has 0 aliphatic rings. The second-order valence-electron chi connectivity index (χ2n) is 5.42. The third-order valence-corrected chi connectivity index (χ3v) is 3.88. The lowest BCUT2D eigenvalue weighted by atomic mass is 10.3. The molecular formula is C16H20N6O2. The van der Waals surface area contributed by atoms with Crippen molar-refractivity contribution in [3.63, 3.8) is 0 Å². The Labute approximate surface area is 139 Å². The third-order valence-electron chi connectivity index (χ3n) is 3.88. The van der Waals surface area contributed by atoms with Gasteiger partial charge in [0.2, 0.25) is 0 Å². The van der Waals surface area contributed by atoms with Crippen LogP contribution in [0.15, 0.2) is 35.4 Å². The van der Waals surface area contributed by atoms with E-state index in [0.717, 1.165) is 25.2 Å². The Balaban J connectivity index is 1.74. The molecule has 0 atom stereocenters. The first kappa shape index (κ1) is 16.1. The van der Waals surface area contributed by atoms with Crippen LogP contribution in [0.25, 0.3) is 5.65 Å². The summed E-state index contributed by atoms with van der Waals surface area (Å²) < 4.78 is 6.38. The molecule has 0 fully saturated rings. The van der Waals surface area contributed by atoms with Crippen molar-refractivity contribution in [2.24, 2.45) is 0 Å². The summed E-state index contributed by atoms with van der Waals surface area (Å²) in [6.45, 7) is 7.31. The molecular weight excluding hydrogens is 308 g/mol. The Kier molecular flexibility index (Phi) is 4.85. The zero-order valence-corrected chi connectivity index (χ0v) is 13.8. The molecule has 1 amide bonds. The fourth-order valence-electron chi connectivity index (χ4n) is 2.46. The lowest BCUT2D eigenvalue weighted by Gasteiger charge is -2.17. The molecule has 3 heterocycles. The van der Waals surface area contributed by atoms with Crippen LogP contribution in [0.1, 0.15) is 35.5 Å². The smallest absolute Gasteiger partial charge is 0.257 e. The number of amides is 1. The maximum absolute atomic E-state index is 12.3. The average molecular weight is 328 g/mol. The van der Waals surface area contributed by atoms with Gasteiger partial charge in [-0.05, 0) is 13.1 Å². The van der Waals surface area contributed by atoms with Gasteiger partial charge in [0, 0.05) is 30.6 Å². The average Bonchev–Trinajstić information content (AvgIpc) is 3.26. The monoisotopic (exact) mass is 328 g/mol. The lowest BCUT2D eigenvalue weighted by molar-refractivity contribution is 0.0951. The fourth-order valence-corrected chi connectivity index (χ4v) is 2.46. The van der Waals surface area contributed by atoms with Crippen LogP contribution in [0.5, 0.6) is 0 Å². The summed E-state index contributed by atoms with van der Waals surface area (Å²) >= 11 is 0. The van der Waals surface area contributed by atoms with Gasteiger partial charge in [0.25, 0.3) is 5.91 Å². The van der Waals surface area contributed by atoms with Crippen molar-refractivity contribution in [3.8, 4) is 0 Å². The summed E-state index contributed by atoms with van der Waals surface area (Å²) in [5.41, 5.74) is 2.70. The summed E-state index contributed by atoms with van der Waals surface area (Å²) in [6, 6.07) is 1.70. The fraction of sp³-hybridized carbons (Fsp3) is 0.375. The quantitative estimate of drug-likeness (QED) is 0.707. The molecule has 0 bridgehead atoms. The highest BCUT2D eigenvalue weighted by molar-refractivity contribution is 5.99. The number of carbonyl (C=O) groups is 1. The van der Waals surface area contributed by atoms with E-state index in [1.54, 1.807) is 16.8 Å². The van der Waals surface area contributed by atoms with Gasteiger partial charge in [0.1, 0.15) is 17.5 Å². The normalized spacial score (nSPS) is 11.3. The minimum atomic E-state index is -0.239. The van der Waals surface area contributed by atoms with Gasteiger partial charge in [0.05, 0.1) is 12.7 Å². The van der Waals surface area contributed by atoms with Gasteiger partial charge >= 0.3 is 0 Å². The first-order chi connectivity index (χ1) is 11.7. The van der Waals surface area contributed by atoms with Gasteiger partial charge < -0.3 is 9.84 Å². The van der Waals surface area contributed by atoms with Gasteiger partial charge in [-0.25, -0.2) is 9.50 Å². The lowest BCUT2D eigenvalue weighted by Crippen LogP contribution is -2.23. The summed E-state index contributed by atoms with van der Waals surface area (Å²) in [6.07, 6.45) is 6.70. The Morgan fingerprint density at radius 3 is 2.88 bits per heavy atom. The first-order valence-electron chi connectivity index (χ1n) is 7.93. The van der Waals surface area contributed by atoms with Crippen LogP contribution in [0.2, 0.25) is 0 Å². The van der Waals surface area contributed by atoms with Gasteiger partial charge in [-0.15, -0.1) is 0 Å². The minimum absolute atomic E-state index is 0.239. The topological polar surface area (TPSA) is 88.6 Å². The van der Waals surface area contributed by atoms with Crippen molar-refractivity contribution >= 4 is 11.6 Å². The molecule has 0 radical (unpaired) electrons. The Bertz CT molecular complexity index is 807. The highest BCUT2D eigenvalue weighted by Gasteiger charge is 2.14. The molecule has 3 aromatic rings. The number of hydrogen-bond acceptors (Lipinski definition) is 6. The van der Waals surface area contributed by atoms with Crippen LogP contribution >= 0.6 is 0 Å². The van der Waals surface area contributed by atoms with E-state index in [4.69, 9.17) is 4.52 Å². The number of fused-ring (bicyclic) bond motifs is 1. The van der Waals surface area contributed by atoms with Crippen LogP contribution < -0.4 is 5.32 Å². The van der Waals surface area contributed by atoms with Crippen molar-refractivity contribution in [2.45, 2.75) is 26.9 Å². The third kappa shape index (κ3) is 3.43. The number of hydrogen-bond donors (Lipinski definition) is 1. The number of carbonyl (C=O) groups excluding carboxylic acids is 1. The van der Waals surface area contributed by atoms with Crippen molar-refractivity contribution in [1.82, 2.24) is 30.0 Å². The first-order valence-corrected chi connectivity index (χ1v) is 7.93. The molecule has 3 aromatic heterocycles. The predicted molar refractivity (Wildman–Crippen MR) is 87.3 cm³/mol. The number of nitrogens with one attached hydrogen (secondary N) is 1. The maximum Gasteiger partial charge on any atom is 0.257 e. The SMILES string of the molecule is CCN(CC)Cc1cnc2c(C(=O)NCc3ccon3)cnn2c1. The van der Waals surface area contributed by atoms with E-state index in [1.165, 1.54) is 12.5 Å². The van der Waals surface area contributed by atoms with E-state index in [1.807, 2.05) is 6.20 Å². The van der Waals surface area contributed by atoms with E-state index in [9.17, 15) is 4.79 Å². The molecule has 126 valence electrons. The van der Waals surface area contributed by atoms with Crippen molar-refractivity contribution < 1.29 is 9.32 Å². The predicted octanol–water partition coefficient (Wildman–Crippen LogP) is 1.49. The number of nitrogens with zero attached hydrogens (tertiary/aromatic N) is 5. The van der Waals surface area contributed by atoms with E-state index < -0.39 is 0 Å². The number of rotatable bonds is 7. The van der Waals surface area contributed by atoms with Gasteiger partial charge in [-0.3, -0.25) is 9.69 Å². The van der Waals surface area contributed by atoms with Crippen LogP contribution in [0, 0.1) is 0 Å². The second kappa shape index (κ2) is 7.22. The summed E-state index contributed by atoms with van der Waals surface area (Å²) in [5.74, 6) is -0.239. The van der Waals surface area contributed by atoms with Crippen LogP contribution in [-0.2, 0) is 13.1 Å². The molecule has 0 spiro atoms. The Morgan fingerprint density at radius 2 is 2.17 bits per heavy atom. The molecule has 1 N–H and O–H groups in total. The summed E-state index contributed by atoms with van der Waals surface area (Å²) in [4.78, 5) is 19.0. The maximum atomic E-state index is 12.3. The minimum Gasteiger partial charge on any atom is -0.364 e. The van der Waals surface area contributed by atoms with Crippen molar-refractivity contribution in [3.05, 3.63) is 47.7 Å². The molecule has 0 unspecified atom stereocenters. The van der Waals surface area contributed by atoms with Crippen LogP contribution in [0.3, 0.4) is 0 Å². The molecule has 0 saturated carbocycles. The van der Waals surface area contributed by atoms with Crippen molar-refractivity contribution in [1.29, 1.82) is 0 Å². The summed E-state index contributed by atoms with van der Waals surface area (Å²) in [5, 5.41) is 10.8. The molecule has 3 rings (SSSR count). The van der Waals surface area contributed by atoms with Gasteiger partial charge in [0.15, 0.2) is 5.65 Å². The molecule has 8 heteroatoms. The van der Waals surface area contributed by atoms with Crippen molar-refractivity contribution in [2.75, 3.05) is 13.1 Å². The summed E-state index contributed by atoms with van der Waals surface area (Å²) in [7, 11) is 0. The molecule has 0 saturated heterocycles. The Morgan fingerprint density at radius 1 is 1.33 bits per heavy atom. The number of aromatic nitrogens is 4. The molecule has 0 aromatic carbocycles. The molecule has 8 nitrogen and oxygen atoms in total. The highest BCUT2D eigenvalue weighted by atomic mass is 16.5. The van der Waals surface area contributed by atoms with Crippen LogP contribution in [-0.4, -0.2) is 43.7 Å². The molecule has 24 heavy (non-hydrogen) atoms. The van der Waals surface area contributed by atoms with Gasteiger partial charge in [-0.2, -0.15) is 5.10 Å². The van der Waals surface area contributed by atoms with E-state index in [-0.39, 0.29) is 5.91 Å². The van der Waals surface area contributed by atoms with E-state index in [0.29, 0.717) is 23.4 Å². The van der Waals surface area contributed by atoms with E-state index in [2.05, 4.69) is 39.3 Å². The zero-order valence-electron chi connectivity index (χ0n) is 13.8.